The van der Waals surface area contributed by atoms with E-state index in [-0.39, 0.29) is 0 Å². The minimum Gasteiger partial charge on any atom is -0.367 e. The number of sulfonamides is 1. The molecule has 2 heterocycles. The molecule has 4 nitrogen and oxygen atoms in total. The number of hydrogen-bond acceptors (Lipinski definition) is 4. The van der Waals surface area contributed by atoms with Crippen molar-refractivity contribution in [1.82, 2.24) is 0 Å². The molecule has 0 bridgehead atoms. The summed E-state index contributed by atoms with van der Waals surface area (Å²) in [7, 11) is -3.53. The highest BCUT2D eigenvalue weighted by atomic mass is 32.2. The van der Waals surface area contributed by atoms with Gasteiger partial charge in [0.25, 0.3) is 10.0 Å². The molecule has 0 fully saturated rings. The molecule has 140 valence electrons. The first-order valence-corrected chi connectivity index (χ1v) is 11.4. The molecule has 6 heteroatoms. The first kappa shape index (κ1) is 18.1. The molecule has 0 unspecified atom stereocenters. The van der Waals surface area contributed by atoms with Gasteiger partial charge in [-0.15, -0.1) is 11.3 Å². The summed E-state index contributed by atoms with van der Waals surface area (Å²) in [6.45, 7) is 3.88. The van der Waals surface area contributed by atoms with E-state index in [1.807, 2.05) is 37.3 Å². The number of thiophene rings is 1. The summed E-state index contributed by atoms with van der Waals surface area (Å²) in [4.78, 5) is 3.39. The predicted octanol–water partition coefficient (Wildman–Crippen LogP) is 4.67. The van der Waals surface area contributed by atoms with Gasteiger partial charge >= 0.3 is 0 Å². The monoisotopic (exact) mass is 398 g/mol. The van der Waals surface area contributed by atoms with Crippen molar-refractivity contribution < 1.29 is 8.42 Å². The second kappa shape index (κ2) is 7.37. The average molecular weight is 399 g/mol. The molecule has 0 aliphatic carbocycles. The molecule has 0 amide bonds. The highest BCUT2D eigenvalue weighted by Gasteiger charge is 2.18. The number of nitrogens with zero attached hydrogens (tertiary/aromatic N) is 1. The number of benzene rings is 2. The Morgan fingerprint density at radius 3 is 2.44 bits per heavy atom. The van der Waals surface area contributed by atoms with Crippen molar-refractivity contribution in [3.8, 4) is 0 Å². The van der Waals surface area contributed by atoms with Gasteiger partial charge in [-0.25, -0.2) is 8.42 Å². The second-order valence-electron chi connectivity index (χ2n) is 6.67. The van der Waals surface area contributed by atoms with Crippen LogP contribution >= 0.6 is 11.3 Å². The fraction of sp³-hybridized carbons (Fsp3) is 0.238. The zero-order chi connectivity index (χ0) is 18.9. The van der Waals surface area contributed by atoms with Crippen molar-refractivity contribution in [3.63, 3.8) is 0 Å². The molecule has 0 saturated carbocycles. The molecule has 0 atom stereocenters. The molecule has 0 radical (unpaired) electrons. The largest absolute Gasteiger partial charge is 0.367 e. The van der Waals surface area contributed by atoms with Gasteiger partial charge in [-0.1, -0.05) is 31.2 Å². The zero-order valence-corrected chi connectivity index (χ0v) is 16.8. The van der Waals surface area contributed by atoms with E-state index in [2.05, 4.69) is 33.9 Å². The van der Waals surface area contributed by atoms with Crippen LogP contribution < -0.4 is 9.62 Å². The number of nitrogens with one attached hydrogen (secondary N) is 1. The van der Waals surface area contributed by atoms with E-state index in [1.54, 1.807) is 6.07 Å². The molecule has 2 aromatic carbocycles. The summed E-state index contributed by atoms with van der Waals surface area (Å²) in [6, 6.07) is 19.7. The SMILES string of the molecule is CCc1ccc(S(=O)(=O)Nc2ccc(N3CCc4ccccc4C3)cc2)s1. The highest BCUT2D eigenvalue weighted by molar-refractivity contribution is 7.94. The lowest BCUT2D eigenvalue weighted by Gasteiger charge is -2.30. The van der Waals surface area contributed by atoms with Gasteiger partial charge in [-0.2, -0.15) is 0 Å². The molecular weight excluding hydrogens is 376 g/mol. The Bertz CT molecular complexity index is 1040. The molecule has 0 saturated heterocycles. The Labute approximate surface area is 164 Å². The van der Waals surface area contributed by atoms with Crippen molar-refractivity contribution >= 4 is 32.7 Å². The van der Waals surface area contributed by atoms with Crippen LogP contribution in [0.4, 0.5) is 11.4 Å². The maximum absolute atomic E-state index is 12.5. The highest BCUT2D eigenvalue weighted by Crippen LogP contribution is 2.28. The fourth-order valence-corrected chi connectivity index (χ4v) is 5.71. The van der Waals surface area contributed by atoms with Crippen LogP contribution in [0.3, 0.4) is 0 Å². The predicted molar refractivity (Wildman–Crippen MR) is 112 cm³/mol. The lowest BCUT2D eigenvalue weighted by Crippen LogP contribution is -2.30. The Morgan fingerprint density at radius 2 is 1.74 bits per heavy atom. The van der Waals surface area contributed by atoms with E-state index >= 15 is 0 Å². The first-order chi connectivity index (χ1) is 13.0. The number of rotatable bonds is 5. The van der Waals surface area contributed by atoms with E-state index in [0.29, 0.717) is 9.90 Å². The average Bonchev–Trinajstić information content (AvgIpc) is 3.18. The molecule has 1 aromatic heterocycles. The van der Waals surface area contributed by atoms with Crippen molar-refractivity contribution in [1.29, 1.82) is 0 Å². The van der Waals surface area contributed by atoms with E-state index in [9.17, 15) is 8.42 Å². The van der Waals surface area contributed by atoms with Crippen LogP contribution in [-0.2, 0) is 29.4 Å². The Hall–Kier alpha value is -2.31. The molecule has 27 heavy (non-hydrogen) atoms. The molecule has 0 spiro atoms. The Morgan fingerprint density at radius 1 is 1.00 bits per heavy atom. The van der Waals surface area contributed by atoms with Crippen molar-refractivity contribution in [2.45, 2.75) is 30.5 Å². The van der Waals surface area contributed by atoms with Crippen LogP contribution in [0, 0.1) is 0 Å². The number of aryl methyl sites for hydroxylation is 1. The lowest BCUT2D eigenvalue weighted by atomic mass is 9.99. The van der Waals surface area contributed by atoms with Gasteiger partial charge in [-0.3, -0.25) is 4.72 Å². The third-order valence-electron chi connectivity index (χ3n) is 4.87. The Balaban J connectivity index is 1.48. The number of fused-ring (bicyclic) bond motifs is 1. The van der Waals surface area contributed by atoms with Gasteiger partial charge in [0, 0.05) is 29.3 Å². The molecule has 4 rings (SSSR count). The third kappa shape index (κ3) is 3.87. The molecular formula is C21H22N2O2S2. The fourth-order valence-electron chi connectivity index (χ4n) is 3.35. The minimum absolute atomic E-state index is 0.357. The van der Waals surface area contributed by atoms with Crippen LogP contribution in [0.25, 0.3) is 0 Å². The first-order valence-electron chi connectivity index (χ1n) is 9.08. The summed E-state index contributed by atoms with van der Waals surface area (Å²) in [5.74, 6) is 0. The quantitative estimate of drug-likeness (QED) is 0.679. The van der Waals surface area contributed by atoms with Crippen molar-refractivity contribution in [2.75, 3.05) is 16.2 Å². The van der Waals surface area contributed by atoms with Crippen LogP contribution in [-0.4, -0.2) is 15.0 Å². The summed E-state index contributed by atoms with van der Waals surface area (Å²) in [5, 5.41) is 0. The summed E-state index contributed by atoms with van der Waals surface area (Å²) in [5.41, 5.74) is 4.47. The third-order valence-corrected chi connectivity index (χ3v) is 7.97. The van der Waals surface area contributed by atoms with E-state index in [1.165, 1.54) is 22.5 Å². The maximum atomic E-state index is 12.5. The number of hydrogen-bond donors (Lipinski definition) is 1. The van der Waals surface area contributed by atoms with Gasteiger partial charge in [0.2, 0.25) is 0 Å². The molecule has 1 aliphatic heterocycles. The van der Waals surface area contributed by atoms with Crippen molar-refractivity contribution in [2.24, 2.45) is 0 Å². The molecule has 3 aromatic rings. The van der Waals surface area contributed by atoms with Crippen LogP contribution in [0.15, 0.2) is 64.9 Å². The van der Waals surface area contributed by atoms with Crippen LogP contribution in [0.2, 0.25) is 0 Å². The minimum atomic E-state index is -3.53. The Kier molecular flexibility index (Phi) is 4.93. The smallest absolute Gasteiger partial charge is 0.271 e. The van der Waals surface area contributed by atoms with E-state index in [4.69, 9.17) is 0 Å². The summed E-state index contributed by atoms with van der Waals surface area (Å²) < 4.78 is 28.1. The standard InChI is InChI=1S/C21H22N2O2S2/c1-2-20-11-12-21(26-20)27(24,25)22-18-7-9-19(10-8-18)23-14-13-16-5-3-4-6-17(16)15-23/h3-12,22H,2,13-15H2,1H3. The second-order valence-corrected chi connectivity index (χ2v) is 9.74. The number of anilines is 2. The van der Waals surface area contributed by atoms with Gasteiger partial charge < -0.3 is 4.90 Å². The normalized spacial score (nSPS) is 14.0. The van der Waals surface area contributed by atoms with Gasteiger partial charge in [0.05, 0.1) is 0 Å². The maximum Gasteiger partial charge on any atom is 0.271 e. The van der Waals surface area contributed by atoms with Gasteiger partial charge in [0.1, 0.15) is 4.21 Å². The van der Waals surface area contributed by atoms with Gasteiger partial charge in [-0.05, 0) is 60.4 Å². The van der Waals surface area contributed by atoms with Crippen LogP contribution in [0.1, 0.15) is 22.9 Å². The molecule has 1 N–H and O–H groups in total. The van der Waals surface area contributed by atoms with Gasteiger partial charge in [0.15, 0.2) is 0 Å². The summed E-state index contributed by atoms with van der Waals surface area (Å²) >= 11 is 1.32. The summed E-state index contributed by atoms with van der Waals surface area (Å²) in [6.07, 6.45) is 1.87. The molecule has 1 aliphatic rings. The zero-order valence-electron chi connectivity index (χ0n) is 15.2. The lowest BCUT2D eigenvalue weighted by molar-refractivity contribution is 0.603. The topological polar surface area (TPSA) is 49.4 Å². The van der Waals surface area contributed by atoms with E-state index < -0.39 is 10.0 Å². The van der Waals surface area contributed by atoms with E-state index in [0.717, 1.165) is 36.5 Å². The van der Waals surface area contributed by atoms with Crippen molar-refractivity contribution in [3.05, 3.63) is 76.7 Å². The van der Waals surface area contributed by atoms with Crippen LogP contribution in [0.5, 0.6) is 0 Å².